The molecular formula is C19H25F2N3O2. The van der Waals surface area contributed by atoms with Crippen LogP contribution in [0.25, 0.3) is 11.3 Å². The summed E-state index contributed by atoms with van der Waals surface area (Å²) in [4.78, 5) is 12.4. The van der Waals surface area contributed by atoms with Crippen molar-refractivity contribution in [3.63, 3.8) is 0 Å². The zero-order valence-electron chi connectivity index (χ0n) is 15.4. The van der Waals surface area contributed by atoms with Crippen LogP contribution >= 0.6 is 0 Å². The quantitative estimate of drug-likeness (QED) is 0.704. The minimum atomic E-state index is -0.801. The number of aliphatic hydroxyl groups is 1. The van der Waals surface area contributed by atoms with E-state index in [4.69, 9.17) is 0 Å². The first kappa shape index (κ1) is 20.0. The number of aliphatic hydroxyl groups excluding tert-OH is 1. The molecule has 0 saturated heterocycles. The molecule has 0 aliphatic carbocycles. The average molecular weight is 365 g/mol. The summed E-state index contributed by atoms with van der Waals surface area (Å²) in [7, 11) is 0. The minimum absolute atomic E-state index is 0.127. The summed E-state index contributed by atoms with van der Waals surface area (Å²) in [6.45, 7) is 5.74. The van der Waals surface area contributed by atoms with Crippen LogP contribution in [-0.4, -0.2) is 32.9 Å². The number of halogens is 2. The van der Waals surface area contributed by atoms with Crippen LogP contribution in [0.1, 0.15) is 50.5 Å². The molecule has 26 heavy (non-hydrogen) atoms. The van der Waals surface area contributed by atoms with Gasteiger partial charge in [-0.25, -0.2) is 8.78 Å². The second-order valence-electron chi connectivity index (χ2n) is 6.97. The fourth-order valence-corrected chi connectivity index (χ4v) is 2.53. The molecule has 142 valence electrons. The van der Waals surface area contributed by atoms with Crippen LogP contribution in [0.2, 0.25) is 0 Å². The van der Waals surface area contributed by atoms with Gasteiger partial charge in [-0.3, -0.25) is 9.48 Å². The first-order valence-electron chi connectivity index (χ1n) is 8.74. The third-order valence-corrected chi connectivity index (χ3v) is 4.04. The summed E-state index contributed by atoms with van der Waals surface area (Å²) in [5.74, 6) is -1.82. The molecule has 0 spiro atoms. The van der Waals surface area contributed by atoms with Gasteiger partial charge in [0.25, 0.3) is 5.91 Å². The van der Waals surface area contributed by atoms with E-state index >= 15 is 0 Å². The van der Waals surface area contributed by atoms with Gasteiger partial charge in [0.05, 0.1) is 17.8 Å². The van der Waals surface area contributed by atoms with Crippen molar-refractivity contribution < 1.29 is 18.7 Å². The Morgan fingerprint density at radius 2 is 2.00 bits per heavy atom. The van der Waals surface area contributed by atoms with Gasteiger partial charge < -0.3 is 10.4 Å². The van der Waals surface area contributed by atoms with Crippen LogP contribution in [0, 0.1) is 11.6 Å². The number of aromatic nitrogens is 2. The third-order valence-electron chi connectivity index (χ3n) is 4.04. The molecule has 1 amide bonds. The highest BCUT2D eigenvalue weighted by Crippen LogP contribution is 2.25. The summed E-state index contributed by atoms with van der Waals surface area (Å²) < 4.78 is 29.0. The number of amides is 1. The minimum Gasteiger partial charge on any atom is -0.394 e. The lowest BCUT2D eigenvalue weighted by Gasteiger charge is -2.22. The third kappa shape index (κ3) is 4.88. The molecule has 0 aliphatic rings. The lowest BCUT2D eigenvalue weighted by atomic mass is 10.1. The monoisotopic (exact) mass is 365 g/mol. The number of unbranched alkanes of at least 4 members (excludes halogenated alkanes) is 2. The smallest absolute Gasteiger partial charge is 0.272 e. The van der Waals surface area contributed by atoms with Crippen LogP contribution in [0.5, 0.6) is 0 Å². The molecule has 0 radical (unpaired) electrons. The van der Waals surface area contributed by atoms with Crippen LogP contribution in [0.15, 0.2) is 24.3 Å². The molecule has 0 unspecified atom stereocenters. The van der Waals surface area contributed by atoms with Gasteiger partial charge in [-0.15, -0.1) is 0 Å². The van der Waals surface area contributed by atoms with Gasteiger partial charge in [0.2, 0.25) is 0 Å². The molecular weight excluding hydrogens is 340 g/mol. The molecule has 0 bridgehead atoms. The largest absolute Gasteiger partial charge is 0.394 e. The summed E-state index contributed by atoms with van der Waals surface area (Å²) >= 11 is 0. The van der Waals surface area contributed by atoms with E-state index in [1.807, 2.05) is 0 Å². The fourth-order valence-electron chi connectivity index (χ4n) is 2.53. The van der Waals surface area contributed by atoms with E-state index < -0.39 is 23.1 Å². The van der Waals surface area contributed by atoms with Gasteiger partial charge in [0.15, 0.2) is 5.69 Å². The van der Waals surface area contributed by atoms with E-state index in [1.165, 1.54) is 18.2 Å². The van der Waals surface area contributed by atoms with Crippen molar-refractivity contribution in [2.45, 2.75) is 52.1 Å². The van der Waals surface area contributed by atoms with Gasteiger partial charge in [-0.05, 0) is 38.5 Å². The maximum Gasteiger partial charge on any atom is 0.272 e. The highest BCUT2D eigenvalue weighted by Gasteiger charge is 2.23. The topological polar surface area (TPSA) is 67.2 Å². The SMILES string of the molecule is CCCCCn1nc(C(=O)NC(C)(C)CO)cc1-c1ccc(F)cc1F. The molecule has 0 saturated carbocycles. The van der Waals surface area contributed by atoms with Gasteiger partial charge in [-0.1, -0.05) is 19.8 Å². The summed E-state index contributed by atoms with van der Waals surface area (Å²) in [6.07, 6.45) is 2.82. The van der Waals surface area contributed by atoms with Crippen molar-refractivity contribution in [2.75, 3.05) is 6.61 Å². The van der Waals surface area contributed by atoms with Crippen LogP contribution < -0.4 is 5.32 Å². The zero-order valence-corrected chi connectivity index (χ0v) is 15.4. The number of hydrogen-bond donors (Lipinski definition) is 2. The number of aryl methyl sites for hydroxylation is 1. The van der Waals surface area contributed by atoms with Crippen molar-refractivity contribution in [1.29, 1.82) is 0 Å². The lowest BCUT2D eigenvalue weighted by molar-refractivity contribution is 0.0863. The molecule has 1 aromatic heterocycles. The Labute approximate surface area is 152 Å². The van der Waals surface area contributed by atoms with E-state index in [0.29, 0.717) is 12.2 Å². The first-order valence-corrected chi connectivity index (χ1v) is 8.74. The molecule has 2 aromatic rings. The summed E-state index contributed by atoms with van der Waals surface area (Å²) in [6, 6.07) is 4.83. The fraction of sp³-hybridized carbons (Fsp3) is 0.474. The van der Waals surface area contributed by atoms with Gasteiger partial charge in [0.1, 0.15) is 11.6 Å². The summed E-state index contributed by atoms with van der Waals surface area (Å²) in [5, 5.41) is 16.3. The second-order valence-corrected chi connectivity index (χ2v) is 6.97. The molecule has 0 fully saturated rings. The predicted octanol–water partition coefficient (Wildman–Crippen LogP) is 3.52. The van der Waals surface area contributed by atoms with Crippen LogP contribution in [0.3, 0.4) is 0 Å². The van der Waals surface area contributed by atoms with E-state index in [-0.39, 0.29) is 17.9 Å². The molecule has 1 heterocycles. The highest BCUT2D eigenvalue weighted by molar-refractivity contribution is 5.94. The van der Waals surface area contributed by atoms with Gasteiger partial charge in [0, 0.05) is 18.2 Å². The number of nitrogens with zero attached hydrogens (tertiary/aromatic N) is 2. The summed E-state index contributed by atoms with van der Waals surface area (Å²) in [5.41, 5.74) is -0.0622. The van der Waals surface area contributed by atoms with Crippen molar-refractivity contribution >= 4 is 5.91 Å². The maximum atomic E-state index is 14.2. The van der Waals surface area contributed by atoms with Crippen molar-refractivity contribution in [3.05, 3.63) is 41.6 Å². The Balaban J connectivity index is 2.38. The number of carbonyl (C=O) groups is 1. The standard InChI is InChI=1S/C19H25F2N3O2/c1-4-5-6-9-24-17(14-8-7-13(20)10-15(14)21)11-16(23-24)18(26)22-19(2,3)12-25/h7-8,10-11,25H,4-6,9,12H2,1-3H3,(H,22,26). The van der Waals surface area contributed by atoms with Crippen LogP contribution in [0.4, 0.5) is 8.78 Å². The predicted molar refractivity (Wildman–Crippen MR) is 95.7 cm³/mol. The molecule has 2 N–H and O–H groups in total. The molecule has 1 aromatic carbocycles. The molecule has 7 heteroatoms. The van der Waals surface area contributed by atoms with E-state index in [9.17, 15) is 18.7 Å². The molecule has 0 aliphatic heterocycles. The first-order chi connectivity index (χ1) is 12.3. The number of rotatable bonds is 8. The molecule has 2 rings (SSSR count). The Morgan fingerprint density at radius 3 is 2.62 bits per heavy atom. The van der Waals surface area contributed by atoms with Crippen molar-refractivity contribution in [2.24, 2.45) is 0 Å². The second kappa shape index (κ2) is 8.40. The average Bonchev–Trinajstić information content (AvgIpc) is 2.99. The highest BCUT2D eigenvalue weighted by atomic mass is 19.1. The van der Waals surface area contributed by atoms with Crippen LogP contribution in [-0.2, 0) is 6.54 Å². The Hall–Kier alpha value is -2.28. The van der Waals surface area contributed by atoms with E-state index in [2.05, 4.69) is 17.3 Å². The van der Waals surface area contributed by atoms with Crippen molar-refractivity contribution in [1.82, 2.24) is 15.1 Å². The normalized spacial score (nSPS) is 11.6. The molecule has 0 atom stereocenters. The zero-order chi connectivity index (χ0) is 19.3. The number of benzene rings is 1. The van der Waals surface area contributed by atoms with Gasteiger partial charge >= 0.3 is 0 Å². The lowest BCUT2D eigenvalue weighted by Crippen LogP contribution is -2.46. The van der Waals surface area contributed by atoms with E-state index in [0.717, 1.165) is 25.3 Å². The number of nitrogens with one attached hydrogen (secondary N) is 1. The van der Waals surface area contributed by atoms with Gasteiger partial charge in [-0.2, -0.15) is 5.10 Å². The Kier molecular flexibility index (Phi) is 6.47. The molecule has 5 nitrogen and oxygen atoms in total. The van der Waals surface area contributed by atoms with Crippen molar-refractivity contribution in [3.8, 4) is 11.3 Å². The van der Waals surface area contributed by atoms with E-state index in [1.54, 1.807) is 18.5 Å². The Bertz CT molecular complexity index is 772. The number of carbonyl (C=O) groups excluding carboxylic acids is 1. The maximum absolute atomic E-state index is 14.2. The Morgan fingerprint density at radius 1 is 1.27 bits per heavy atom. The number of hydrogen-bond acceptors (Lipinski definition) is 3.